The molecule has 4 nitrogen and oxygen atoms in total. The molecule has 0 aromatic carbocycles. The second kappa shape index (κ2) is 6.03. The Bertz CT molecular complexity index is 328. The van der Waals surface area contributed by atoms with Crippen molar-refractivity contribution in [2.24, 2.45) is 11.3 Å². The molecule has 1 fully saturated rings. The third-order valence-electron chi connectivity index (χ3n) is 3.56. The number of hydrogen-bond acceptors (Lipinski definition) is 4. The van der Waals surface area contributed by atoms with Crippen LogP contribution in [0.5, 0.6) is 0 Å². The van der Waals surface area contributed by atoms with E-state index >= 15 is 0 Å². The second-order valence-electron chi connectivity index (χ2n) is 4.80. The van der Waals surface area contributed by atoms with Crippen LogP contribution in [-0.2, 0) is 19.1 Å². The smallest absolute Gasteiger partial charge is 0.323 e. The van der Waals surface area contributed by atoms with Crippen LogP contribution in [0.4, 0.5) is 0 Å². The molecule has 0 amide bonds. The first kappa shape index (κ1) is 14.7. The van der Waals surface area contributed by atoms with Gasteiger partial charge in [-0.2, -0.15) is 0 Å². The standard InChI is InChI=1S/C14H22O4/c1-5-17-12(15)14(13(16)18-6-2)8-7-10(3)11(4)9-14/h10H,4-9H2,1-3H3. The maximum atomic E-state index is 12.1. The Morgan fingerprint density at radius 3 is 2.17 bits per heavy atom. The van der Waals surface area contributed by atoms with Crippen molar-refractivity contribution in [2.45, 2.75) is 40.0 Å². The van der Waals surface area contributed by atoms with Crippen LogP contribution >= 0.6 is 0 Å². The second-order valence-corrected chi connectivity index (χ2v) is 4.80. The van der Waals surface area contributed by atoms with Gasteiger partial charge in [-0.3, -0.25) is 9.59 Å². The molecule has 1 unspecified atom stereocenters. The van der Waals surface area contributed by atoms with Crippen molar-refractivity contribution in [1.82, 2.24) is 0 Å². The van der Waals surface area contributed by atoms with Crippen molar-refractivity contribution in [1.29, 1.82) is 0 Å². The fourth-order valence-electron chi connectivity index (χ4n) is 2.29. The summed E-state index contributed by atoms with van der Waals surface area (Å²) in [5.74, 6) is -0.616. The molecule has 0 spiro atoms. The van der Waals surface area contributed by atoms with Gasteiger partial charge < -0.3 is 9.47 Å². The third kappa shape index (κ3) is 2.74. The number of carbonyl (C=O) groups excluding carboxylic acids is 2. The molecule has 0 aromatic rings. The van der Waals surface area contributed by atoms with Crippen molar-refractivity contribution in [3.8, 4) is 0 Å². The Hall–Kier alpha value is -1.32. The zero-order chi connectivity index (χ0) is 13.8. The SMILES string of the molecule is C=C1CC(C(=O)OCC)(C(=O)OCC)CCC1C. The number of hydrogen-bond donors (Lipinski definition) is 0. The van der Waals surface area contributed by atoms with Crippen molar-refractivity contribution >= 4 is 11.9 Å². The summed E-state index contributed by atoms with van der Waals surface area (Å²) >= 11 is 0. The Morgan fingerprint density at radius 2 is 1.78 bits per heavy atom. The topological polar surface area (TPSA) is 52.6 Å². The van der Waals surface area contributed by atoms with E-state index in [4.69, 9.17) is 9.47 Å². The first-order valence-corrected chi connectivity index (χ1v) is 6.50. The van der Waals surface area contributed by atoms with E-state index in [1.54, 1.807) is 13.8 Å². The molecule has 4 heteroatoms. The minimum absolute atomic E-state index is 0.266. The van der Waals surface area contributed by atoms with Gasteiger partial charge in [0.2, 0.25) is 0 Å². The summed E-state index contributed by atoms with van der Waals surface area (Å²) in [5.41, 5.74) is -0.252. The van der Waals surface area contributed by atoms with Gasteiger partial charge in [0, 0.05) is 0 Å². The lowest BCUT2D eigenvalue weighted by Crippen LogP contribution is -2.45. The first-order valence-electron chi connectivity index (χ1n) is 6.50. The van der Waals surface area contributed by atoms with Gasteiger partial charge in [0.1, 0.15) is 0 Å². The third-order valence-corrected chi connectivity index (χ3v) is 3.56. The van der Waals surface area contributed by atoms with E-state index in [9.17, 15) is 9.59 Å². The predicted octanol–water partition coefficient (Wildman–Crippen LogP) is 2.48. The molecule has 102 valence electrons. The molecule has 0 saturated heterocycles. The summed E-state index contributed by atoms with van der Waals surface area (Å²) in [6.45, 7) is 10.0. The summed E-state index contributed by atoms with van der Waals surface area (Å²) < 4.78 is 10.1. The zero-order valence-electron chi connectivity index (χ0n) is 11.5. The molecule has 0 N–H and O–H groups in total. The van der Waals surface area contributed by atoms with Crippen LogP contribution in [0.3, 0.4) is 0 Å². The number of carbonyl (C=O) groups is 2. The van der Waals surface area contributed by atoms with Gasteiger partial charge >= 0.3 is 11.9 Å². The predicted molar refractivity (Wildman–Crippen MR) is 67.9 cm³/mol. The van der Waals surface area contributed by atoms with E-state index in [1.807, 2.05) is 0 Å². The van der Waals surface area contributed by atoms with E-state index in [0.717, 1.165) is 12.0 Å². The molecule has 1 atom stereocenters. The van der Waals surface area contributed by atoms with Crippen molar-refractivity contribution in [3.05, 3.63) is 12.2 Å². The van der Waals surface area contributed by atoms with Gasteiger partial charge in [0.25, 0.3) is 0 Å². The van der Waals surface area contributed by atoms with Gasteiger partial charge in [0.05, 0.1) is 13.2 Å². The van der Waals surface area contributed by atoms with Gasteiger partial charge in [0.15, 0.2) is 5.41 Å². The number of allylic oxidation sites excluding steroid dienone is 1. The van der Waals surface area contributed by atoms with E-state index in [-0.39, 0.29) is 13.2 Å². The van der Waals surface area contributed by atoms with Gasteiger partial charge in [-0.15, -0.1) is 0 Å². The minimum atomic E-state index is -1.17. The fraction of sp³-hybridized carbons (Fsp3) is 0.714. The van der Waals surface area contributed by atoms with E-state index in [1.165, 1.54) is 0 Å². The number of rotatable bonds is 4. The van der Waals surface area contributed by atoms with Crippen molar-refractivity contribution in [2.75, 3.05) is 13.2 Å². The summed E-state index contributed by atoms with van der Waals surface area (Å²) in [4.78, 5) is 24.2. The van der Waals surface area contributed by atoms with Crippen molar-refractivity contribution in [3.63, 3.8) is 0 Å². The van der Waals surface area contributed by atoms with Crippen LogP contribution in [0, 0.1) is 11.3 Å². The van der Waals surface area contributed by atoms with Crippen LogP contribution in [0.1, 0.15) is 40.0 Å². The Kier molecular flexibility index (Phi) is 4.93. The monoisotopic (exact) mass is 254 g/mol. The first-order chi connectivity index (χ1) is 8.47. The minimum Gasteiger partial charge on any atom is -0.465 e. The van der Waals surface area contributed by atoms with Crippen molar-refractivity contribution < 1.29 is 19.1 Å². The molecule has 0 bridgehead atoms. The van der Waals surface area contributed by atoms with E-state index < -0.39 is 17.4 Å². The molecule has 0 aromatic heterocycles. The summed E-state index contributed by atoms with van der Waals surface area (Å²) in [6.07, 6.45) is 1.58. The molecular formula is C14H22O4. The maximum absolute atomic E-state index is 12.1. The van der Waals surface area contributed by atoms with E-state index in [2.05, 4.69) is 13.5 Å². The average Bonchev–Trinajstić information content (AvgIpc) is 2.33. The molecule has 18 heavy (non-hydrogen) atoms. The van der Waals surface area contributed by atoms with Crippen LogP contribution in [-0.4, -0.2) is 25.2 Å². The van der Waals surface area contributed by atoms with Crippen LogP contribution in [0.2, 0.25) is 0 Å². The zero-order valence-corrected chi connectivity index (χ0v) is 11.5. The number of ether oxygens (including phenoxy) is 2. The highest BCUT2D eigenvalue weighted by Crippen LogP contribution is 2.43. The molecule has 1 saturated carbocycles. The molecular weight excluding hydrogens is 232 g/mol. The van der Waals surface area contributed by atoms with E-state index in [0.29, 0.717) is 18.8 Å². The Balaban J connectivity index is 2.98. The quantitative estimate of drug-likeness (QED) is 0.439. The summed E-state index contributed by atoms with van der Waals surface area (Å²) in [7, 11) is 0. The van der Waals surface area contributed by atoms with Crippen LogP contribution in [0.25, 0.3) is 0 Å². The molecule has 1 aliphatic rings. The lowest BCUT2D eigenvalue weighted by atomic mass is 9.68. The van der Waals surface area contributed by atoms with Gasteiger partial charge in [-0.25, -0.2) is 0 Å². The molecule has 0 radical (unpaired) electrons. The van der Waals surface area contributed by atoms with Gasteiger partial charge in [-0.05, 0) is 39.0 Å². The highest BCUT2D eigenvalue weighted by atomic mass is 16.6. The number of esters is 2. The molecule has 1 rings (SSSR count). The summed E-state index contributed by atoms with van der Waals surface area (Å²) in [6, 6.07) is 0. The normalized spacial score (nSPS) is 22.4. The van der Waals surface area contributed by atoms with Gasteiger partial charge in [-0.1, -0.05) is 19.1 Å². The average molecular weight is 254 g/mol. The van der Waals surface area contributed by atoms with Crippen LogP contribution in [0.15, 0.2) is 12.2 Å². The molecule has 0 heterocycles. The largest absolute Gasteiger partial charge is 0.465 e. The Morgan fingerprint density at radius 1 is 1.28 bits per heavy atom. The highest BCUT2D eigenvalue weighted by Gasteiger charge is 2.51. The summed E-state index contributed by atoms with van der Waals surface area (Å²) in [5, 5.41) is 0. The van der Waals surface area contributed by atoms with Crippen LogP contribution < -0.4 is 0 Å². The lowest BCUT2D eigenvalue weighted by Gasteiger charge is -2.36. The maximum Gasteiger partial charge on any atom is 0.323 e. The molecule has 1 aliphatic carbocycles. The Labute approximate surface area is 108 Å². The highest BCUT2D eigenvalue weighted by molar-refractivity contribution is 6.00. The lowest BCUT2D eigenvalue weighted by molar-refractivity contribution is -0.174. The molecule has 0 aliphatic heterocycles. The fourth-order valence-corrected chi connectivity index (χ4v) is 2.29.